The number of Topliss-reactive ketones (excluding diaryl/α,β-unsaturated/α-hetero) is 1. The highest BCUT2D eigenvalue weighted by Gasteiger charge is 2.28. The Hall–Kier alpha value is -1.57. The molecule has 0 bridgehead atoms. The van der Waals surface area contributed by atoms with Crippen LogP contribution in [0.3, 0.4) is 0 Å². The molecule has 2 heteroatoms. The number of hydrogen-bond donors (Lipinski definition) is 1. The molecular weight excluding hydrogens is 186 g/mol. The van der Waals surface area contributed by atoms with Gasteiger partial charge in [-0.15, -0.1) is 0 Å². The normalized spacial score (nSPS) is 20.5. The molecule has 0 amide bonds. The molecule has 0 aliphatic heterocycles. The molecule has 1 aliphatic rings. The van der Waals surface area contributed by atoms with Crippen LogP contribution in [0.5, 0.6) is 0 Å². The molecular formula is C13H13NO. The van der Waals surface area contributed by atoms with Crippen LogP contribution in [-0.4, -0.2) is 10.8 Å². The highest BCUT2D eigenvalue weighted by atomic mass is 16.1. The molecule has 76 valence electrons. The van der Waals surface area contributed by atoms with Gasteiger partial charge in [-0.1, -0.05) is 18.2 Å². The van der Waals surface area contributed by atoms with Gasteiger partial charge in [-0.2, -0.15) is 0 Å². The smallest absolute Gasteiger partial charge is 0.136 e. The van der Waals surface area contributed by atoms with Crippen LogP contribution in [0.15, 0.2) is 30.5 Å². The topological polar surface area (TPSA) is 32.9 Å². The Morgan fingerprint density at radius 1 is 1.33 bits per heavy atom. The fraction of sp³-hybridized carbons (Fsp3) is 0.308. The third-order valence-corrected chi connectivity index (χ3v) is 3.34. The zero-order valence-corrected chi connectivity index (χ0v) is 8.49. The molecule has 15 heavy (non-hydrogen) atoms. The quantitative estimate of drug-likeness (QED) is 0.792. The Balaban J connectivity index is 1.94. The summed E-state index contributed by atoms with van der Waals surface area (Å²) in [6, 6.07) is 8.26. The van der Waals surface area contributed by atoms with Crippen molar-refractivity contribution < 1.29 is 4.79 Å². The van der Waals surface area contributed by atoms with Crippen molar-refractivity contribution in [1.29, 1.82) is 0 Å². The van der Waals surface area contributed by atoms with Crippen molar-refractivity contribution in [3.63, 3.8) is 0 Å². The van der Waals surface area contributed by atoms with E-state index in [4.69, 9.17) is 0 Å². The maximum atomic E-state index is 11.3. The van der Waals surface area contributed by atoms with Gasteiger partial charge < -0.3 is 4.98 Å². The van der Waals surface area contributed by atoms with Crippen molar-refractivity contribution in [3.05, 3.63) is 36.0 Å². The van der Waals surface area contributed by atoms with E-state index in [1.807, 2.05) is 18.3 Å². The van der Waals surface area contributed by atoms with E-state index >= 15 is 0 Å². The summed E-state index contributed by atoms with van der Waals surface area (Å²) in [5, 5.41) is 1.26. The number of hydrogen-bond acceptors (Lipinski definition) is 1. The standard InChI is InChI=1S/C13H13NO/c15-13-6-5-9(13)7-10-8-14-12-4-2-1-3-11(10)12/h1-4,8-9,14H,5-7H2. The molecule has 1 heterocycles. The van der Waals surface area contributed by atoms with Crippen molar-refractivity contribution in [2.45, 2.75) is 19.3 Å². The minimum atomic E-state index is 0.282. The first-order chi connectivity index (χ1) is 7.34. The molecule has 0 spiro atoms. The molecule has 1 unspecified atom stereocenters. The van der Waals surface area contributed by atoms with Gasteiger partial charge in [0.25, 0.3) is 0 Å². The highest BCUT2D eigenvalue weighted by Crippen LogP contribution is 2.29. The molecule has 2 aromatic rings. The molecule has 1 saturated carbocycles. The summed E-state index contributed by atoms with van der Waals surface area (Å²) < 4.78 is 0. The minimum Gasteiger partial charge on any atom is -0.361 e. The molecule has 3 rings (SSSR count). The SMILES string of the molecule is O=C1CCC1Cc1c[nH]c2ccccc12. The Labute approximate surface area is 88.3 Å². The highest BCUT2D eigenvalue weighted by molar-refractivity contribution is 5.88. The van der Waals surface area contributed by atoms with E-state index in [0.717, 1.165) is 19.3 Å². The number of carbonyl (C=O) groups excluding carboxylic acids is 1. The van der Waals surface area contributed by atoms with Crippen molar-refractivity contribution in [2.24, 2.45) is 5.92 Å². The van der Waals surface area contributed by atoms with Gasteiger partial charge in [0.05, 0.1) is 0 Å². The number of rotatable bonds is 2. The second-order valence-electron chi connectivity index (χ2n) is 4.27. The summed E-state index contributed by atoms with van der Waals surface area (Å²) in [6.45, 7) is 0. The predicted octanol–water partition coefficient (Wildman–Crippen LogP) is 2.69. The Kier molecular flexibility index (Phi) is 1.88. The maximum absolute atomic E-state index is 11.3. The monoisotopic (exact) mass is 199 g/mol. The van der Waals surface area contributed by atoms with Crippen LogP contribution in [0.25, 0.3) is 10.9 Å². The van der Waals surface area contributed by atoms with E-state index in [-0.39, 0.29) is 5.92 Å². The van der Waals surface area contributed by atoms with Gasteiger partial charge in [0.1, 0.15) is 5.78 Å². The number of benzene rings is 1. The molecule has 2 nitrogen and oxygen atoms in total. The lowest BCUT2D eigenvalue weighted by atomic mass is 9.79. The maximum Gasteiger partial charge on any atom is 0.136 e. The largest absolute Gasteiger partial charge is 0.361 e. The predicted molar refractivity (Wildman–Crippen MR) is 59.7 cm³/mol. The lowest BCUT2D eigenvalue weighted by Gasteiger charge is -2.23. The van der Waals surface area contributed by atoms with E-state index < -0.39 is 0 Å². The van der Waals surface area contributed by atoms with Crippen LogP contribution >= 0.6 is 0 Å². The Morgan fingerprint density at radius 3 is 2.93 bits per heavy atom. The number of ketones is 1. The summed E-state index contributed by atoms with van der Waals surface area (Å²) >= 11 is 0. The summed E-state index contributed by atoms with van der Waals surface area (Å²) in [6.07, 6.45) is 4.80. The number of para-hydroxylation sites is 1. The number of nitrogens with one attached hydrogen (secondary N) is 1. The van der Waals surface area contributed by atoms with Crippen LogP contribution in [-0.2, 0) is 11.2 Å². The number of aromatic amines is 1. The first-order valence-corrected chi connectivity index (χ1v) is 5.42. The van der Waals surface area contributed by atoms with Gasteiger partial charge in [0.15, 0.2) is 0 Å². The van der Waals surface area contributed by atoms with Gasteiger partial charge in [-0.25, -0.2) is 0 Å². The molecule has 1 atom stereocenters. The average molecular weight is 199 g/mol. The van der Waals surface area contributed by atoms with Crippen molar-refractivity contribution >= 4 is 16.7 Å². The van der Waals surface area contributed by atoms with E-state index in [0.29, 0.717) is 5.78 Å². The Morgan fingerprint density at radius 2 is 2.20 bits per heavy atom. The second kappa shape index (κ2) is 3.23. The van der Waals surface area contributed by atoms with E-state index in [2.05, 4.69) is 17.1 Å². The van der Waals surface area contributed by atoms with Gasteiger partial charge in [0.2, 0.25) is 0 Å². The van der Waals surface area contributed by atoms with Crippen LogP contribution in [0.1, 0.15) is 18.4 Å². The summed E-state index contributed by atoms with van der Waals surface area (Å²) in [5.41, 5.74) is 2.45. The number of H-pyrrole nitrogens is 1. The van der Waals surface area contributed by atoms with Gasteiger partial charge >= 0.3 is 0 Å². The van der Waals surface area contributed by atoms with Crippen LogP contribution in [0.4, 0.5) is 0 Å². The molecule has 1 aromatic heterocycles. The van der Waals surface area contributed by atoms with Gasteiger partial charge in [-0.3, -0.25) is 4.79 Å². The first kappa shape index (κ1) is 8.72. The molecule has 1 aliphatic carbocycles. The molecule has 1 fully saturated rings. The molecule has 0 radical (unpaired) electrons. The third-order valence-electron chi connectivity index (χ3n) is 3.34. The zero-order valence-electron chi connectivity index (χ0n) is 8.49. The number of aromatic nitrogens is 1. The van der Waals surface area contributed by atoms with Crippen molar-refractivity contribution in [1.82, 2.24) is 4.98 Å². The summed E-state index contributed by atoms with van der Waals surface area (Å²) in [7, 11) is 0. The fourth-order valence-corrected chi connectivity index (χ4v) is 2.25. The third kappa shape index (κ3) is 1.37. The van der Waals surface area contributed by atoms with Gasteiger partial charge in [-0.05, 0) is 24.5 Å². The van der Waals surface area contributed by atoms with E-state index in [1.165, 1.54) is 16.5 Å². The number of fused-ring (bicyclic) bond motifs is 1. The Bertz CT molecular complexity index is 512. The summed E-state index contributed by atoms with van der Waals surface area (Å²) in [4.78, 5) is 14.5. The van der Waals surface area contributed by atoms with Crippen LogP contribution < -0.4 is 0 Å². The van der Waals surface area contributed by atoms with E-state index in [9.17, 15) is 4.79 Å². The first-order valence-electron chi connectivity index (χ1n) is 5.42. The fourth-order valence-electron chi connectivity index (χ4n) is 2.25. The zero-order chi connectivity index (χ0) is 10.3. The average Bonchev–Trinajstić information content (AvgIpc) is 2.67. The van der Waals surface area contributed by atoms with Crippen molar-refractivity contribution in [3.8, 4) is 0 Å². The lowest BCUT2D eigenvalue weighted by Crippen LogP contribution is -2.27. The molecule has 0 saturated heterocycles. The molecule has 1 N–H and O–H groups in total. The van der Waals surface area contributed by atoms with Crippen LogP contribution in [0, 0.1) is 5.92 Å². The van der Waals surface area contributed by atoms with E-state index in [1.54, 1.807) is 0 Å². The summed E-state index contributed by atoms with van der Waals surface area (Å²) in [5.74, 6) is 0.712. The van der Waals surface area contributed by atoms with Crippen molar-refractivity contribution in [2.75, 3.05) is 0 Å². The molecule has 1 aromatic carbocycles. The lowest BCUT2D eigenvalue weighted by molar-refractivity contribution is -0.129. The second-order valence-corrected chi connectivity index (χ2v) is 4.27. The minimum absolute atomic E-state index is 0.282. The van der Waals surface area contributed by atoms with Gasteiger partial charge in [0, 0.05) is 29.4 Å². The van der Waals surface area contributed by atoms with Crippen LogP contribution in [0.2, 0.25) is 0 Å². The number of carbonyl (C=O) groups is 1.